The summed E-state index contributed by atoms with van der Waals surface area (Å²) in [4.78, 5) is 42.7. The van der Waals surface area contributed by atoms with Crippen LogP contribution in [0.15, 0.2) is 42.5 Å². The van der Waals surface area contributed by atoms with Crippen LogP contribution in [-0.2, 0) is 9.53 Å². The Morgan fingerprint density at radius 1 is 1.00 bits per heavy atom. The van der Waals surface area contributed by atoms with Crippen molar-refractivity contribution < 1.29 is 23.9 Å². The minimum atomic E-state index is -0.442. The third-order valence-corrected chi connectivity index (χ3v) is 8.24. The van der Waals surface area contributed by atoms with Gasteiger partial charge in [-0.05, 0) is 81.2 Å². The molecule has 0 unspecified atom stereocenters. The molecule has 2 fully saturated rings. The molecule has 0 aliphatic carbocycles. The number of carbonyl (C=O) groups excluding carboxylic acids is 3. The summed E-state index contributed by atoms with van der Waals surface area (Å²) in [5.41, 5.74) is 1.42. The Morgan fingerprint density at radius 2 is 1.73 bits per heavy atom. The average Bonchev–Trinajstić information content (AvgIpc) is 2.97. The number of anilines is 2. The van der Waals surface area contributed by atoms with Crippen LogP contribution in [0.25, 0.3) is 0 Å². The maximum absolute atomic E-state index is 13.5. The molecule has 5 rings (SSSR count). The van der Waals surface area contributed by atoms with Crippen molar-refractivity contribution in [1.29, 1.82) is 0 Å². The van der Waals surface area contributed by atoms with Crippen molar-refractivity contribution in [3.8, 4) is 5.75 Å². The lowest BCUT2D eigenvalue weighted by Crippen LogP contribution is -2.54. The number of benzene rings is 2. The summed E-state index contributed by atoms with van der Waals surface area (Å²) >= 11 is 5.90. The van der Waals surface area contributed by atoms with Crippen molar-refractivity contribution >= 4 is 40.8 Å². The third kappa shape index (κ3) is 7.69. The number of piperidine rings is 1. The Hall–Kier alpha value is -3.34. The second-order valence-corrected chi connectivity index (χ2v) is 11.4. The normalized spacial score (nSPS) is 22.8. The highest BCUT2D eigenvalue weighted by Crippen LogP contribution is 2.32. The Balaban J connectivity index is 1.15. The standard InChI is InChI=1S/C30H38ClN5O5/c1-35-25-11-10-23(18-28(37)32-13-16-36-14-3-2-4-15-36)41-27(25)19-40-26-12-9-22(17-24(26)29(35)38)34-30(39)33-21-7-5-20(31)6-8-21/h5-9,12,17,23,25,27H,2-4,10-11,13-16,18-19H2,1H3,(H,32,37)(H2,33,34,39)/t23-,25+,27+/m1/s1. The zero-order valence-corrected chi connectivity index (χ0v) is 24.1. The van der Waals surface area contributed by atoms with Gasteiger partial charge in [-0.3, -0.25) is 9.59 Å². The largest absolute Gasteiger partial charge is 0.490 e. The molecule has 2 aromatic carbocycles. The molecule has 3 N–H and O–H groups in total. The molecule has 0 bridgehead atoms. The molecule has 3 atom stereocenters. The van der Waals surface area contributed by atoms with Gasteiger partial charge in [0.25, 0.3) is 5.91 Å². The number of carbonyl (C=O) groups is 3. The quantitative estimate of drug-likeness (QED) is 0.447. The van der Waals surface area contributed by atoms with Crippen molar-refractivity contribution in [3.63, 3.8) is 0 Å². The van der Waals surface area contributed by atoms with Crippen LogP contribution in [0.2, 0.25) is 5.02 Å². The van der Waals surface area contributed by atoms with Crippen LogP contribution < -0.4 is 20.7 Å². The molecule has 41 heavy (non-hydrogen) atoms. The lowest BCUT2D eigenvalue weighted by atomic mass is 9.94. The number of nitrogens with one attached hydrogen (secondary N) is 3. The Bertz CT molecular complexity index is 1240. The van der Waals surface area contributed by atoms with Gasteiger partial charge in [0.05, 0.1) is 24.1 Å². The number of halogens is 1. The van der Waals surface area contributed by atoms with E-state index in [1.54, 1.807) is 54.4 Å². The number of rotatable bonds is 7. The molecular weight excluding hydrogens is 546 g/mol. The highest BCUT2D eigenvalue weighted by Gasteiger charge is 2.39. The van der Waals surface area contributed by atoms with Crippen LogP contribution in [-0.4, -0.2) is 85.7 Å². The number of urea groups is 1. The highest BCUT2D eigenvalue weighted by molar-refractivity contribution is 6.30. The number of hydrogen-bond donors (Lipinski definition) is 3. The summed E-state index contributed by atoms with van der Waals surface area (Å²) in [6.45, 7) is 4.00. The molecule has 10 nitrogen and oxygen atoms in total. The van der Waals surface area contributed by atoms with E-state index in [1.165, 1.54) is 19.3 Å². The average molecular weight is 584 g/mol. The number of likely N-dealkylation sites (N-methyl/N-ethyl adjacent to an activating group) is 1. The van der Waals surface area contributed by atoms with Gasteiger partial charge in [0.15, 0.2) is 0 Å². The van der Waals surface area contributed by atoms with Crippen LogP contribution in [0.1, 0.15) is 48.9 Å². The SMILES string of the molecule is CN1C(=O)c2cc(NC(=O)Nc3ccc(Cl)cc3)ccc2OC[C@@H]2O[C@@H](CC(=O)NCCN3CCCCC3)CC[C@@H]21. The minimum Gasteiger partial charge on any atom is -0.490 e. The molecule has 0 aromatic heterocycles. The van der Waals surface area contributed by atoms with Crippen LogP contribution in [0, 0.1) is 0 Å². The van der Waals surface area contributed by atoms with Gasteiger partial charge in [0, 0.05) is 36.5 Å². The Morgan fingerprint density at radius 3 is 2.51 bits per heavy atom. The maximum Gasteiger partial charge on any atom is 0.323 e. The minimum absolute atomic E-state index is 0.00729. The van der Waals surface area contributed by atoms with E-state index in [1.807, 2.05) is 0 Å². The smallest absolute Gasteiger partial charge is 0.323 e. The first-order valence-electron chi connectivity index (χ1n) is 14.4. The molecule has 11 heteroatoms. The van der Waals surface area contributed by atoms with Gasteiger partial charge in [0.1, 0.15) is 18.5 Å². The van der Waals surface area contributed by atoms with Gasteiger partial charge in [0.2, 0.25) is 5.91 Å². The Kier molecular flexibility index (Phi) is 9.64. The van der Waals surface area contributed by atoms with E-state index in [9.17, 15) is 14.4 Å². The van der Waals surface area contributed by atoms with E-state index in [4.69, 9.17) is 21.1 Å². The van der Waals surface area contributed by atoms with Gasteiger partial charge in [-0.25, -0.2) is 4.79 Å². The second kappa shape index (κ2) is 13.5. The molecule has 220 valence electrons. The molecule has 2 aromatic rings. The van der Waals surface area contributed by atoms with E-state index in [0.717, 1.165) is 19.6 Å². The highest BCUT2D eigenvalue weighted by atomic mass is 35.5. The Labute approximate surface area is 245 Å². The number of likely N-dealkylation sites (tertiary alicyclic amines) is 1. The summed E-state index contributed by atoms with van der Waals surface area (Å²) in [5, 5.41) is 9.12. The zero-order valence-electron chi connectivity index (χ0n) is 23.4. The summed E-state index contributed by atoms with van der Waals surface area (Å²) in [5.74, 6) is 0.200. The van der Waals surface area contributed by atoms with Crippen LogP contribution >= 0.6 is 11.6 Å². The lowest BCUT2D eigenvalue weighted by Gasteiger charge is -2.42. The van der Waals surface area contributed by atoms with E-state index in [-0.39, 0.29) is 36.7 Å². The molecule has 3 heterocycles. The van der Waals surface area contributed by atoms with E-state index >= 15 is 0 Å². The summed E-state index contributed by atoms with van der Waals surface area (Å²) in [7, 11) is 1.76. The molecule has 3 aliphatic rings. The van der Waals surface area contributed by atoms with Crippen molar-refractivity contribution in [2.75, 3.05) is 50.5 Å². The van der Waals surface area contributed by atoms with E-state index in [2.05, 4.69) is 20.9 Å². The monoisotopic (exact) mass is 583 g/mol. The van der Waals surface area contributed by atoms with Crippen molar-refractivity contribution in [2.24, 2.45) is 0 Å². The number of amides is 4. The molecule has 0 spiro atoms. The fourth-order valence-electron chi connectivity index (χ4n) is 5.75. The zero-order chi connectivity index (χ0) is 28.8. The van der Waals surface area contributed by atoms with Crippen molar-refractivity contribution in [3.05, 3.63) is 53.1 Å². The van der Waals surface area contributed by atoms with E-state index in [0.29, 0.717) is 53.5 Å². The first-order valence-corrected chi connectivity index (χ1v) is 14.8. The van der Waals surface area contributed by atoms with Gasteiger partial charge >= 0.3 is 6.03 Å². The van der Waals surface area contributed by atoms with Crippen LogP contribution in [0.3, 0.4) is 0 Å². The molecule has 3 aliphatic heterocycles. The predicted octanol–water partition coefficient (Wildman–Crippen LogP) is 4.36. The molecular formula is C30H38ClN5O5. The molecule has 0 saturated carbocycles. The number of ether oxygens (including phenoxy) is 2. The second-order valence-electron chi connectivity index (χ2n) is 10.9. The first kappa shape index (κ1) is 29.2. The van der Waals surface area contributed by atoms with Gasteiger partial charge in [-0.1, -0.05) is 18.0 Å². The topological polar surface area (TPSA) is 112 Å². The number of hydrogen-bond acceptors (Lipinski definition) is 6. The number of fused-ring (bicyclic) bond motifs is 2. The lowest BCUT2D eigenvalue weighted by molar-refractivity contribution is -0.134. The maximum atomic E-state index is 13.5. The van der Waals surface area contributed by atoms with Crippen LogP contribution in [0.5, 0.6) is 5.75 Å². The fourth-order valence-corrected chi connectivity index (χ4v) is 5.87. The summed E-state index contributed by atoms with van der Waals surface area (Å²) in [6, 6.07) is 11.1. The van der Waals surface area contributed by atoms with Gasteiger partial charge < -0.3 is 35.2 Å². The van der Waals surface area contributed by atoms with Crippen molar-refractivity contribution in [1.82, 2.24) is 15.1 Å². The number of nitrogens with zero attached hydrogens (tertiary/aromatic N) is 2. The molecule has 2 saturated heterocycles. The van der Waals surface area contributed by atoms with Crippen molar-refractivity contribution in [2.45, 2.75) is 56.8 Å². The van der Waals surface area contributed by atoms with Gasteiger partial charge in [-0.15, -0.1) is 0 Å². The van der Waals surface area contributed by atoms with E-state index < -0.39 is 6.03 Å². The van der Waals surface area contributed by atoms with Crippen LogP contribution in [0.4, 0.5) is 16.2 Å². The van der Waals surface area contributed by atoms with Gasteiger partial charge in [-0.2, -0.15) is 0 Å². The fraction of sp³-hybridized carbons (Fsp3) is 0.500. The predicted molar refractivity (Wildman–Crippen MR) is 158 cm³/mol. The summed E-state index contributed by atoms with van der Waals surface area (Å²) in [6.07, 6.45) is 4.87. The molecule has 4 amide bonds. The summed E-state index contributed by atoms with van der Waals surface area (Å²) < 4.78 is 12.4. The third-order valence-electron chi connectivity index (χ3n) is 7.98. The molecule has 0 radical (unpaired) electrons. The first-order chi connectivity index (χ1) is 19.9.